The van der Waals surface area contributed by atoms with E-state index >= 15 is 0 Å². The van der Waals surface area contributed by atoms with Crippen LogP contribution in [0.25, 0.3) is 0 Å². The predicted octanol–water partition coefficient (Wildman–Crippen LogP) is 2.77. The summed E-state index contributed by atoms with van der Waals surface area (Å²) in [6.07, 6.45) is 6.00. The Morgan fingerprint density at radius 1 is 0.714 bits per heavy atom. The maximum Gasteiger partial charge on any atom is 0.337 e. The van der Waals surface area contributed by atoms with E-state index < -0.39 is 5.97 Å². The molecule has 0 saturated heterocycles. The summed E-state index contributed by atoms with van der Waals surface area (Å²) in [5, 5.41) is 5.39. The molecule has 2 heterocycles. The lowest BCUT2D eigenvalue weighted by molar-refractivity contribution is 0.0600. The van der Waals surface area contributed by atoms with Gasteiger partial charge in [-0.2, -0.15) is 0 Å². The number of ether oxygens (including phenoxy) is 1. The van der Waals surface area contributed by atoms with E-state index in [9.17, 15) is 14.4 Å². The second-order valence-electron chi connectivity index (χ2n) is 5.67. The molecule has 0 unspecified atom stereocenters. The van der Waals surface area contributed by atoms with Crippen molar-refractivity contribution < 1.29 is 19.1 Å². The average molecular weight is 376 g/mol. The summed E-state index contributed by atoms with van der Waals surface area (Å²) in [5.41, 5.74) is 1.64. The highest BCUT2D eigenvalue weighted by Crippen LogP contribution is 2.21. The number of hydrogen-bond acceptors (Lipinski definition) is 6. The Morgan fingerprint density at radius 3 is 1.54 bits per heavy atom. The Morgan fingerprint density at radius 2 is 1.14 bits per heavy atom. The number of methoxy groups -OCH3 is 1. The SMILES string of the molecule is COC(=O)c1cc(NC(=O)c2ccncc2)cc(NC(=O)c2ccncc2)c1. The van der Waals surface area contributed by atoms with Crippen LogP contribution in [0.2, 0.25) is 0 Å². The molecule has 3 aromatic rings. The number of carbonyl (C=O) groups is 3. The smallest absolute Gasteiger partial charge is 0.337 e. The summed E-state index contributed by atoms with van der Waals surface area (Å²) >= 11 is 0. The molecule has 0 bridgehead atoms. The van der Waals surface area contributed by atoms with Crippen molar-refractivity contribution in [3.05, 3.63) is 83.9 Å². The van der Waals surface area contributed by atoms with Crippen LogP contribution in [0.3, 0.4) is 0 Å². The molecule has 8 nitrogen and oxygen atoms in total. The second-order valence-corrected chi connectivity index (χ2v) is 5.67. The zero-order valence-corrected chi connectivity index (χ0v) is 14.9. The van der Waals surface area contributed by atoms with Crippen LogP contribution in [0.1, 0.15) is 31.1 Å². The van der Waals surface area contributed by atoms with E-state index in [0.29, 0.717) is 22.5 Å². The highest BCUT2D eigenvalue weighted by molar-refractivity contribution is 6.07. The molecule has 2 N–H and O–H groups in total. The summed E-state index contributed by atoms with van der Waals surface area (Å²) in [4.78, 5) is 44.4. The molecule has 0 aliphatic heterocycles. The van der Waals surface area contributed by atoms with Crippen molar-refractivity contribution >= 4 is 29.2 Å². The van der Waals surface area contributed by atoms with Gasteiger partial charge in [-0.05, 0) is 42.5 Å². The van der Waals surface area contributed by atoms with Crippen LogP contribution >= 0.6 is 0 Å². The molecule has 28 heavy (non-hydrogen) atoms. The van der Waals surface area contributed by atoms with Gasteiger partial charge in [0.05, 0.1) is 12.7 Å². The van der Waals surface area contributed by atoms with Gasteiger partial charge in [-0.1, -0.05) is 0 Å². The largest absolute Gasteiger partial charge is 0.465 e. The Kier molecular flexibility index (Phi) is 5.71. The zero-order valence-electron chi connectivity index (χ0n) is 14.9. The van der Waals surface area contributed by atoms with E-state index in [4.69, 9.17) is 4.74 Å². The number of rotatable bonds is 5. The molecule has 0 aliphatic carbocycles. The lowest BCUT2D eigenvalue weighted by Crippen LogP contribution is -2.15. The van der Waals surface area contributed by atoms with Gasteiger partial charge in [0.2, 0.25) is 0 Å². The number of esters is 1. The Balaban J connectivity index is 1.87. The van der Waals surface area contributed by atoms with Crippen molar-refractivity contribution in [1.82, 2.24) is 9.97 Å². The standard InChI is InChI=1S/C20H16N4O4/c1-28-20(27)15-10-16(23-18(25)13-2-6-21-7-3-13)12-17(11-15)24-19(26)14-4-8-22-9-5-14/h2-12H,1H3,(H,23,25)(H,24,26). The third-order valence-corrected chi connectivity index (χ3v) is 3.75. The molecule has 0 saturated carbocycles. The van der Waals surface area contributed by atoms with Gasteiger partial charge in [-0.3, -0.25) is 19.6 Å². The van der Waals surface area contributed by atoms with E-state index in [1.165, 1.54) is 44.0 Å². The summed E-state index contributed by atoms with van der Waals surface area (Å²) in [7, 11) is 1.25. The van der Waals surface area contributed by atoms with Crippen LogP contribution in [0, 0.1) is 0 Å². The van der Waals surface area contributed by atoms with E-state index in [0.717, 1.165) is 0 Å². The van der Waals surface area contributed by atoms with Crippen molar-refractivity contribution in [2.24, 2.45) is 0 Å². The Bertz CT molecular complexity index is 935. The number of nitrogens with zero attached hydrogens (tertiary/aromatic N) is 2. The molecule has 2 aromatic heterocycles. The number of nitrogens with one attached hydrogen (secondary N) is 2. The highest BCUT2D eigenvalue weighted by atomic mass is 16.5. The van der Waals surface area contributed by atoms with E-state index in [-0.39, 0.29) is 17.4 Å². The number of anilines is 2. The normalized spacial score (nSPS) is 10.0. The molecule has 140 valence electrons. The van der Waals surface area contributed by atoms with Gasteiger partial charge in [-0.25, -0.2) is 4.79 Å². The molecule has 0 atom stereocenters. The first-order valence-corrected chi connectivity index (χ1v) is 8.23. The molecular weight excluding hydrogens is 360 g/mol. The summed E-state index contributed by atoms with van der Waals surface area (Å²) in [6.45, 7) is 0. The van der Waals surface area contributed by atoms with Gasteiger partial charge in [0.1, 0.15) is 0 Å². The molecule has 2 amide bonds. The molecular formula is C20H16N4O4. The summed E-state index contributed by atoms with van der Waals surface area (Å²) < 4.78 is 4.74. The minimum absolute atomic E-state index is 0.181. The first-order chi connectivity index (χ1) is 13.6. The number of carbonyl (C=O) groups excluding carboxylic acids is 3. The lowest BCUT2D eigenvalue weighted by atomic mass is 10.1. The first kappa shape index (κ1) is 18.7. The van der Waals surface area contributed by atoms with Crippen molar-refractivity contribution in [1.29, 1.82) is 0 Å². The number of hydrogen-bond donors (Lipinski definition) is 2. The van der Waals surface area contributed by atoms with Gasteiger partial charge < -0.3 is 15.4 Å². The quantitative estimate of drug-likeness (QED) is 0.663. The van der Waals surface area contributed by atoms with Crippen LogP contribution in [-0.4, -0.2) is 34.9 Å². The number of aromatic nitrogens is 2. The van der Waals surface area contributed by atoms with Gasteiger partial charge in [0, 0.05) is 47.3 Å². The monoisotopic (exact) mass is 376 g/mol. The minimum Gasteiger partial charge on any atom is -0.465 e. The Labute approximate surface area is 160 Å². The lowest BCUT2D eigenvalue weighted by Gasteiger charge is -2.11. The number of benzene rings is 1. The molecule has 0 fully saturated rings. The van der Waals surface area contributed by atoms with Crippen LogP contribution in [0.4, 0.5) is 11.4 Å². The fourth-order valence-corrected chi connectivity index (χ4v) is 2.42. The van der Waals surface area contributed by atoms with E-state index in [1.807, 2.05) is 0 Å². The molecule has 0 aliphatic rings. The second kappa shape index (κ2) is 8.54. The van der Waals surface area contributed by atoms with E-state index in [2.05, 4.69) is 20.6 Å². The number of amides is 2. The van der Waals surface area contributed by atoms with Gasteiger partial charge in [0.15, 0.2) is 0 Å². The fraction of sp³-hybridized carbons (Fsp3) is 0.0500. The van der Waals surface area contributed by atoms with Gasteiger partial charge >= 0.3 is 5.97 Å². The maximum atomic E-state index is 12.4. The summed E-state index contributed by atoms with van der Waals surface area (Å²) in [6, 6.07) is 10.7. The molecule has 8 heteroatoms. The Hall–Kier alpha value is -4.07. The van der Waals surface area contributed by atoms with Gasteiger partial charge in [-0.15, -0.1) is 0 Å². The third-order valence-electron chi connectivity index (χ3n) is 3.75. The fourth-order valence-electron chi connectivity index (χ4n) is 2.42. The molecule has 3 rings (SSSR count). The van der Waals surface area contributed by atoms with Crippen molar-refractivity contribution in [3.63, 3.8) is 0 Å². The van der Waals surface area contributed by atoms with Crippen LogP contribution in [-0.2, 0) is 4.74 Å². The van der Waals surface area contributed by atoms with Crippen LogP contribution in [0.5, 0.6) is 0 Å². The minimum atomic E-state index is -0.598. The topological polar surface area (TPSA) is 110 Å². The number of pyridine rings is 2. The van der Waals surface area contributed by atoms with Crippen LogP contribution < -0.4 is 10.6 Å². The van der Waals surface area contributed by atoms with E-state index in [1.54, 1.807) is 30.3 Å². The van der Waals surface area contributed by atoms with Crippen LogP contribution in [0.15, 0.2) is 67.3 Å². The van der Waals surface area contributed by atoms with Crippen molar-refractivity contribution in [3.8, 4) is 0 Å². The maximum absolute atomic E-state index is 12.4. The highest BCUT2D eigenvalue weighted by Gasteiger charge is 2.14. The molecule has 0 radical (unpaired) electrons. The summed E-state index contributed by atoms with van der Waals surface area (Å²) in [5.74, 6) is -1.36. The molecule has 0 spiro atoms. The average Bonchev–Trinajstić information content (AvgIpc) is 2.74. The van der Waals surface area contributed by atoms with Crippen molar-refractivity contribution in [2.45, 2.75) is 0 Å². The van der Waals surface area contributed by atoms with Gasteiger partial charge in [0.25, 0.3) is 11.8 Å². The zero-order chi connectivity index (χ0) is 19.9. The van der Waals surface area contributed by atoms with Crippen molar-refractivity contribution in [2.75, 3.05) is 17.7 Å². The third kappa shape index (κ3) is 4.55. The first-order valence-electron chi connectivity index (χ1n) is 8.23. The predicted molar refractivity (Wildman–Crippen MR) is 102 cm³/mol. The molecule has 1 aromatic carbocycles.